The third-order valence-corrected chi connectivity index (χ3v) is 9.12. The highest BCUT2D eigenvalue weighted by Gasteiger charge is 2.34. The Morgan fingerprint density at radius 1 is 0.325 bits per heavy atom. The van der Waals surface area contributed by atoms with E-state index in [2.05, 4.69) is 18.7 Å². The zero-order chi connectivity index (χ0) is 29.4. The molecule has 0 aromatic heterocycles. The second-order valence-electron chi connectivity index (χ2n) is 12.9. The average Bonchev–Trinajstić information content (AvgIpc) is 2.98. The highest BCUT2D eigenvalue weighted by atomic mass is 16.3. The van der Waals surface area contributed by atoms with Gasteiger partial charge in [-0.3, -0.25) is 4.90 Å². The van der Waals surface area contributed by atoms with Gasteiger partial charge in [-0.25, -0.2) is 0 Å². The normalized spacial score (nSPS) is 12.2. The fraction of sp³-hybridized carbons (Fsp3) is 1.00. The molecule has 4 heteroatoms. The number of unbranched alkanes of at least 4 members (excludes halogenated alkanes) is 26. The van der Waals surface area contributed by atoms with Gasteiger partial charge in [0.1, 0.15) is 0 Å². The molecule has 0 aliphatic rings. The molecule has 0 unspecified atom stereocenters. The molecule has 0 bridgehead atoms. The molecule has 0 saturated carbocycles. The minimum Gasteiger partial charge on any atom is -0.394 e. The van der Waals surface area contributed by atoms with Gasteiger partial charge in [-0.15, -0.1) is 0 Å². The molecule has 0 amide bonds. The van der Waals surface area contributed by atoms with Crippen LogP contribution in [-0.4, -0.2) is 58.7 Å². The van der Waals surface area contributed by atoms with Crippen molar-refractivity contribution in [1.82, 2.24) is 4.90 Å². The SMILES string of the molecule is CCCCCCCCCCCCCCCCN(CCCCCCCCCCCCCCCC)C(CO)(CO)CO. The summed E-state index contributed by atoms with van der Waals surface area (Å²) in [5.74, 6) is 0. The minimum atomic E-state index is -0.882. The molecule has 0 aliphatic carbocycles. The molecule has 0 radical (unpaired) electrons. The van der Waals surface area contributed by atoms with Crippen molar-refractivity contribution in [3.63, 3.8) is 0 Å². The van der Waals surface area contributed by atoms with Gasteiger partial charge in [0.05, 0.1) is 25.4 Å². The molecule has 40 heavy (non-hydrogen) atoms. The summed E-state index contributed by atoms with van der Waals surface area (Å²) in [5.41, 5.74) is -0.882. The molecule has 0 atom stereocenters. The fourth-order valence-corrected chi connectivity index (χ4v) is 6.03. The summed E-state index contributed by atoms with van der Waals surface area (Å²) in [5, 5.41) is 30.0. The molecule has 0 spiro atoms. The third kappa shape index (κ3) is 23.4. The average molecular weight is 570 g/mol. The first kappa shape index (κ1) is 39.8. The maximum Gasteiger partial charge on any atom is 0.0906 e. The van der Waals surface area contributed by atoms with Gasteiger partial charge in [-0.05, 0) is 25.9 Å². The maximum atomic E-state index is 10.0. The Balaban J connectivity index is 3.89. The summed E-state index contributed by atoms with van der Waals surface area (Å²) in [6.07, 6.45) is 37.7. The van der Waals surface area contributed by atoms with Crippen LogP contribution in [0.25, 0.3) is 0 Å². The molecular formula is C36H75NO3. The van der Waals surface area contributed by atoms with E-state index >= 15 is 0 Å². The lowest BCUT2D eigenvalue weighted by Crippen LogP contribution is -2.57. The van der Waals surface area contributed by atoms with Gasteiger partial charge in [0.25, 0.3) is 0 Å². The molecule has 0 aromatic carbocycles. The number of aliphatic hydroxyl groups is 3. The summed E-state index contributed by atoms with van der Waals surface area (Å²) in [6, 6.07) is 0. The van der Waals surface area contributed by atoms with Crippen LogP contribution in [0.4, 0.5) is 0 Å². The molecular weight excluding hydrogens is 494 g/mol. The summed E-state index contributed by atoms with van der Waals surface area (Å²) in [6.45, 7) is 5.73. The van der Waals surface area contributed by atoms with Crippen molar-refractivity contribution in [2.75, 3.05) is 32.9 Å². The van der Waals surface area contributed by atoms with Crippen LogP contribution in [0.15, 0.2) is 0 Å². The van der Waals surface area contributed by atoms with Crippen LogP contribution in [0.1, 0.15) is 194 Å². The van der Waals surface area contributed by atoms with Gasteiger partial charge < -0.3 is 15.3 Å². The molecule has 0 aliphatic heterocycles. The highest BCUT2D eigenvalue weighted by Crippen LogP contribution is 2.19. The molecule has 4 nitrogen and oxygen atoms in total. The second-order valence-corrected chi connectivity index (χ2v) is 12.9. The minimum absolute atomic E-state index is 0.183. The molecule has 0 saturated heterocycles. The number of hydrogen-bond donors (Lipinski definition) is 3. The van der Waals surface area contributed by atoms with E-state index in [0.717, 1.165) is 25.9 Å². The number of aliphatic hydroxyl groups excluding tert-OH is 3. The maximum absolute atomic E-state index is 10.0. The van der Waals surface area contributed by atoms with Gasteiger partial charge >= 0.3 is 0 Å². The van der Waals surface area contributed by atoms with E-state index in [-0.39, 0.29) is 19.8 Å². The predicted octanol–water partition coefficient (Wildman–Crippen LogP) is 9.97. The molecule has 0 fully saturated rings. The first-order valence-electron chi connectivity index (χ1n) is 18.3. The van der Waals surface area contributed by atoms with Gasteiger partial charge in [0.2, 0.25) is 0 Å². The van der Waals surface area contributed by atoms with Crippen LogP contribution < -0.4 is 0 Å². The molecule has 242 valence electrons. The van der Waals surface area contributed by atoms with Crippen molar-refractivity contribution < 1.29 is 15.3 Å². The number of rotatable bonds is 34. The van der Waals surface area contributed by atoms with Crippen LogP contribution in [0.5, 0.6) is 0 Å². The van der Waals surface area contributed by atoms with Gasteiger partial charge in [-0.2, -0.15) is 0 Å². The Kier molecular flexibility index (Phi) is 31.6. The summed E-state index contributed by atoms with van der Waals surface area (Å²) in [4.78, 5) is 2.19. The monoisotopic (exact) mass is 570 g/mol. The molecule has 0 aromatic rings. The van der Waals surface area contributed by atoms with Crippen molar-refractivity contribution in [1.29, 1.82) is 0 Å². The van der Waals surface area contributed by atoms with Gasteiger partial charge in [-0.1, -0.05) is 181 Å². The van der Waals surface area contributed by atoms with Crippen LogP contribution in [-0.2, 0) is 0 Å². The van der Waals surface area contributed by atoms with Crippen LogP contribution >= 0.6 is 0 Å². The first-order valence-corrected chi connectivity index (χ1v) is 18.3. The summed E-state index contributed by atoms with van der Waals surface area (Å²) >= 11 is 0. The van der Waals surface area contributed by atoms with E-state index in [4.69, 9.17) is 0 Å². The van der Waals surface area contributed by atoms with E-state index in [1.165, 1.54) is 167 Å². The second kappa shape index (κ2) is 31.8. The zero-order valence-electron chi connectivity index (χ0n) is 27.6. The Bertz CT molecular complexity index is 429. The smallest absolute Gasteiger partial charge is 0.0906 e. The lowest BCUT2D eigenvalue weighted by Gasteiger charge is -2.40. The lowest BCUT2D eigenvalue weighted by atomic mass is 9.98. The number of nitrogens with zero attached hydrogens (tertiary/aromatic N) is 1. The summed E-state index contributed by atoms with van der Waals surface area (Å²) < 4.78 is 0. The van der Waals surface area contributed by atoms with Crippen molar-refractivity contribution >= 4 is 0 Å². The van der Waals surface area contributed by atoms with Crippen molar-refractivity contribution in [3.8, 4) is 0 Å². The van der Waals surface area contributed by atoms with Crippen molar-refractivity contribution in [2.24, 2.45) is 0 Å². The van der Waals surface area contributed by atoms with Crippen LogP contribution in [0, 0.1) is 0 Å². The van der Waals surface area contributed by atoms with E-state index in [0.29, 0.717) is 0 Å². The molecule has 0 rings (SSSR count). The van der Waals surface area contributed by atoms with E-state index in [1.54, 1.807) is 0 Å². The van der Waals surface area contributed by atoms with Crippen LogP contribution in [0.3, 0.4) is 0 Å². The fourth-order valence-electron chi connectivity index (χ4n) is 6.03. The van der Waals surface area contributed by atoms with E-state index < -0.39 is 5.54 Å². The predicted molar refractivity (Wildman–Crippen MR) is 176 cm³/mol. The Morgan fingerprint density at radius 2 is 0.525 bits per heavy atom. The Hall–Kier alpha value is -0.160. The van der Waals surface area contributed by atoms with Crippen LogP contribution in [0.2, 0.25) is 0 Å². The zero-order valence-corrected chi connectivity index (χ0v) is 27.6. The Labute approximate surface area is 252 Å². The largest absolute Gasteiger partial charge is 0.394 e. The third-order valence-electron chi connectivity index (χ3n) is 9.12. The topological polar surface area (TPSA) is 63.9 Å². The number of hydrogen-bond acceptors (Lipinski definition) is 4. The molecule has 0 heterocycles. The van der Waals surface area contributed by atoms with Gasteiger partial charge in [0, 0.05) is 0 Å². The standard InChI is InChI=1S/C36H75NO3/c1-3-5-7-9-11-13-15-17-19-21-23-25-27-29-31-37(36(33-38,34-39)35-40)32-30-28-26-24-22-20-18-16-14-12-10-8-6-4-2/h38-40H,3-35H2,1-2H3. The van der Waals surface area contributed by atoms with Gasteiger partial charge in [0.15, 0.2) is 0 Å². The Morgan fingerprint density at radius 3 is 0.725 bits per heavy atom. The van der Waals surface area contributed by atoms with Crippen molar-refractivity contribution in [3.05, 3.63) is 0 Å². The highest BCUT2D eigenvalue weighted by molar-refractivity contribution is 4.89. The summed E-state index contributed by atoms with van der Waals surface area (Å²) in [7, 11) is 0. The van der Waals surface area contributed by atoms with E-state index in [1.807, 2.05) is 0 Å². The van der Waals surface area contributed by atoms with Crippen molar-refractivity contribution in [2.45, 2.75) is 199 Å². The lowest BCUT2D eigenvalue weighted by molar-refractivity contribution is -0.0491. The first-order chi connectivity index (χ1) is 19.7. The quantitative estimate of drug-likeness (QED) is 0.0675. The molecule has 3 N–H and O–H groups in total. The van der Waals surface area contributed by atoms with E-state index in [9.17, 15) is 15.3 Å².